The van der Waals surface area contributed by atoms with E-state index < -0.39 is 0 Å². The molecular weight excluding hydrogens is 385 g/mol. The highest BCUT2D eigenvalue weighted by Crippen LogP contribution is 2.16. The van der Waals surface area contributed by atoms with Crippen molar-refractivity contribution in [3.63, 3.8) is 0 Å². The molecule has 0 spiro atoms. The molecule has 0 bridgehead atoms. The maximum atomic E-state index is 13.1. The van der Waals surface area contributed by atoms with Crippen LogP contribution in [0.3, 0.4) is 0 Å². The molecule has 158 valence electrons. The number of amides is 1. The average Bonchev–Trinajstić information content (AvgIpc) is 3.15. The van der Waals surface area contributed by atoms with E-state index in [0.29, 0.717) is 41.4 Å². The summed E-state index contributed by atoms with van der Waals surface area (Å²) in [7, 11) is 2.09. The van der Waals surface area contributed by atoms with E-state index >= 15 is 0 Å². The molecule has 1 aromatic carbocycles. The molecule has 1 aliphatic heterocycles. The fraction of sp³-hybridized carbons (Fsp3) is 0.409. The predicted octanol–water partition coefficient (Wildman–Crippen LogP) is 2.13. The van der Waals surface area contributed by atoms with E-state index in [1.54, 1.807) is 19.1 Å². The summed E-state index contributed by atoms with van der Waals surface area (Å²) in [5.41, 5.74) is 2.31. The van der Waals surface area contributed by atoms with Crippen molar-refractivity contribution >= 4 is 11.6 Å². The summed E-state index contributed by atoms with van der Waals surface area (Å²) in [6.45, 7) is 4.43. The Labute approximate surface area is 173 Å². The number of nitrogens with one attached hydrogen (secondary N) is 2. The number of nitrogens with zero attached hydrogens (tertiary/aromatic N) is 3. The smallest absolute Gasteiger partial charge is 0.276 e. The molecule has 2 aromatic heterocycles. The molecule has 1 atom stereocenters. The minimum Gasteiger partial charge on any atom is -0.352 e. The fourth-order valence-electron chi connectivity index (χ4n) is 4.11. The third-order valence-corrected chi connectivity index (χ3v) is 5.77. The molecule has 0 aliphatic carbocycles. The third kappa shape index (κ3) is 4.14. The molecule has 7 nitrogen and oxygen atoms in total. The number of aryl methyl sites for hydroxylation is 1. The Morgan fingerprint density at radius 3 is 2.83 bits per heavy atom. The van der Waals surface area contributed by atoms with Gasteiger partial charge >= 0.3 is 0 Å². The van der Waals surface area contributed by atoms with Crippen LogP contribution in [-0.2, 0) is 6.42 Å². The van der Waals surface area contributed by atoms with Gasteiger partial charge in [-0.3, -0.25) is 14.7 Å². The zero-order valence-corrected chi connectivity index (χ0v) is 17.2. The Kier molecular flexibility index (Phi) is 5.67. The van der Waals surface area contributed by atoms with Gasteiger partial charge < -0.3 is 10.2 Å². The first kappa shape index (κ1) is 20.3. The lowest BCUT2D eigenvalue weighted by Crippen LogP contribution is -2.39. The third-order valence-electron chi connectivity index (χ3n) is 5.77. The standard InChI is InChI=1S/C22H26FN5O2/c1-14-18(10-15-5-7-17(23)8-6-15)22(30)28-20(26-14)19(12-25-28)21(29)24-11-16-4-3-9-27(2)13-16/h5-8,12,16,25H,3-4,9-11,13H2,1-2H3,(H,24,29). The van der Waals surface area contributed by atoms with Gasteiger partial charge in [-0.2, -0.15) is 0 Å². The van der Waals surface area contributed by atoms with Crippen LogP contribution in [0.2, 0.25) is 0 Å². The minimum atomic E-state index is -0.319. The fourth-order valence-corrected chi connectivity index (χ4v) is 4.11. The van der Waals surface area contributed by atoms with Crippen LogP contribution in [0.25, 0.3) is 5.65 Å². The lowest BCUT2D eigenvalue weighted by molar-refractivity contribution is 0.0938. The number of piperidine rings is 1. The molecule has 3 heterocycles. The second-order valence-electron chi connectivity index (χ2n) is 8.11. The van der Waals surface area contributed by atoms with Crippen LogP contribution in [0.1, 0.15) is 40.0 Å². The number of likely N-dealkylation sites (tertiary alicyclic amines) is 1. The van der Waals surface area contributed by atoms with Gasteiger partial charge in [-0.15, -0.1) is 0 Å². The molecule has 0 radical (unpaired) electrons. The van der Waals surface area contributed by atoms with Crippen molar-refractivity contribution < 1.29 is 9.18 Å². The predicted molar refractivity (Wildman–Crippen MR) is 112 cm³/mol. The first-order chi connectivity index (χ1) is 14.4. The molecule has 2 N–H and O–H groups in total. The first-order valence-corrected chi connectivity index (χ1v) is 10.2. The molecule has 30 heavy (non-hydrogen) atoms. The lowest BCUT2D eigenvalue weighted by Gasteiger charge is -2.29. The Bertz CT molecular complexity index is 1120. The number of hydrogen-bond acceptors (Lipinski definition) is 4. The summed E-state index contributed by atoms with van der Waals surface area (Å²) in [5.74, 6) is -0.127. The number of rotatable bonds is 5. The maximum absolute atomic E-state index is 13.1. The van der Waals surface area contributed by atoms with Gasteiger partial charge in [-0.25, -0.2) is 13.9 Å². The number of halogens is 1. The van der Waals surface area contributed by atoms with Crippen molar-refractivity contribution in [3.8, 4) is 0 Å². The second kappa shape index (κ2) is 8.39. The van der Waals surface area contributed by atoms with E-state index in [4.69, 9.17) is 0 Å². The molecule has 3 aromatic rings. The van der Waals surface area contributed by atoms with Gasteiger partial charge in [-0.1, -0.05) is 12.1 Å². The number of carbonyl (C=O) groups excluding carboxylic acids is 1. The van der Waals surface area contributed by atoms with Crippen LogP contribution >= 0.6 is 0 Å². The molecule has 4 rings (SSSR count). The summed E-state index contributed by atoms with van der Waals surface area (Å²) < 4.78 is 14.4. The van der Waals surface area contributed by atoms with E-state index in [9.17, 15) is 14.0 Å². The highest BCUT2D eigenvalue weighted by Gasteiger charge is 2.21. The van der Waals surface area contributed by atoms with E-state index in [-0.39, 0.29) is 17.3 Å². The maximum Gasteiger partial charge on any atom is 0.276 e. The van der Waals surface area contributed by atoms with Crippen molar-refractivity contribution in [3.05, 3.63) is 69.0 Å². The number of carbonyl (C=O) groups is 1. The highest BCUT2D eigenvalue weighted by molar-refractivity contribution is 5.99. The topological polar surface area (TPSA) is 82.5 Å². The van der Waals surface area contributed by atoms with E-state index in [1.165, 1.54) is 22.8 Å². The van der Waals surface area contributed by atoms with Gasteiger partial charge in [0.2, 0.25) is 0 Å². The number of H-pyrrole nitrogens is 1. The SMILES string of the molecule is Cc1nc2c(C(=O)NCC3CCCN(C)C3)c[nH]n2c(=O)c1Cc1ccc(F)cc1. The van der Waals surface area contributed by atoms with Crippen LogP contribution in [0.4, 0.5) is 4.39 Å². The molecular formula is C22H26FN5O2. The summed E-state index contributed by atoms with van der Waals surface area (Å²) in [4.78, 5) is 32.5. The number of aromatic amines is 1. The Morgan fingerprint density at radius 2 is 2.10 bits per heavy atom. The Morgan fingerprint density at radius 1 is 1.33 bits per heavy atom. The van der Waals surface area contributed by atoms with Crippen LogP contribution in [-0.4, -0.2) is 52.1 Å². The largest absolute Gasteiger partial charge is 0.352 e. The highest BCUT2D eigenvalue weighted by atomic mass is 19.1. The first-order valence-electron chi connectivity index (χ1n) is 10.2. The van der Waals surface area contributed by atoms with Gasteiger partial charge in [-0.05, 0) is 57.0 Å². The molecule has 1 amide bonds. The van der Waals surface area contributed by atoms with Gasteiger partial charge in [0.05, 0.1) is 0 Å². The number of benzene rings is 1. The molecule has 1 unspecified atom stereocenters. The zero-order chi connectivity index (χ0) is 21.3. The van der Waals surface area contributed by atoms with Crippen molar-refractivity contribution in [1.29, 1.82) is 0 Å². The van der Waals surface area contributed by atoms with E-state index in [1.807, 2.05) is 0 Å². The molecule has 1 aliphatic rings. The number of hydrogen-bond donors (Lipinski definition) is 2. The van der Waals surface area contributed by atoms with Crippen LogP contribution < -0.4 is 10.9 Å². The van der Waals surface area contributed by atoms with E-state index in [0.717, 1.165) is 31.5 Å². The minimum absolute atomic E-state index is 0.237. The van der Waals surface area contributed by atoms with Crippen molar-refractivity contribution in [1.82, 2.24) is 24.8 Å². The summed E-state index contributed by atoms with van der Waals surface area (Å²) in [5, 5.41) is 5.85. The van der Waals surface area contributed by atoms with E-state index in [2.05, 4.69) is 27.3 Å². The average molecular weight is 411 g/mol. The van der Waals surface area contributed by atoms with Crippen molar-refractivity contribution in [2.24, 2.45) is 5.92 Å². The quantitative estimate of drug-likeness (QED) is 0.674. The molecule has 8 heteroatoms. The molecule has 1 saturated heterocycles. The summed E-state index contributed by atoms with van der Waals surface area (Å²) in [6, 6.07) is 6.05. The molecule has 0 saturated carbocycles. The molecule has 1 fully saturated rings. The van der Waals surface area contributed by atoms with Crippen LogP contribution in [0.5, 0.6) is 0 Å². The van der Waals surface area contributed by atoms with Gasteiger partial charge in [0, 0.05) is 37.0 Å². The van der Waals surface area contributed by atoms with Gasteiger partial charge in [0.1, 0.15) is 11.4 Å². The van der Waals surface area contributed by atoms with Gasteiger partial charge in [0.25, 0.3) is 11.5 Å². The van der Waals surface area contributed by atoms with Crippen molar-refractivity contribution in [2.75, 3.05) is 26.7 Å². The Hall–Kier alpha value is -3.00. The number of aromatic nitrogens is 3. The van der Waals surface area contributed by atoms with Crippen molar-refractivity contribution in [2.45, 2.75) is 26.2 Å². The number of fused-ring (bicyclic) bond motifs is 1. The summed E-state index contributed by atoms with van der Waals surface area (Å²) in [6.07, 6.45) is 4.10. The summed E-state index contributed by atoms with van der Waals surface area (Å²) >= 11 is 0. The second-order valence-corrected chi connectivity index (χ2v) is 8.11. The Balaban J connectivity index is 1.55. The zero-order valence-electron chi connectivity index (χ0n) is 17.2. The van der Waals surface area contributed by atoms with Gasteiger partial charge in [0.15, 0.2) is 5.65 Å². The lowest BCUT2D eigenvalue weighted by atomic mass is 9.98. The monoisotopic (exact) mass is 411 g/mol. The van der Waals surface area contributed by atoms with Crippen LogP contribution in [0.15, 0.2) is 35.3 Å². The normalized spacial score (nSPS) is 17.4. The van der Waals surface area contributed by atoms with Crippen LogP contribution in [0, 0.1) is 18.7 Å².